The summed E-state index contributed by atoms with van der Waals surface area (Å²) < 4.78 is 0. The minimum atomic E-state index is 0.272. The first-order valence-electron chi connectivity index (χ1n) is 7.44. The lowest BCUT2D eigenvalue weighted by atomic mass is 10.1. The molecular weight excluding hydrogens is 226 g/mol. The highest BCUT2D eigenvalue weighted by molar-refractivity contribution is 5.76. The zero-order valence-electron chi connectivity index (χ0n) is 12.0. The molecule has 4 N–H and O–H groups in total. The molecule has 1 amide bonds. The first-order valence-corrected chi connectivity index (χ1v) is 7.44. The number of hydrogen-bond donors (Lipinski definition) is 2. The van der Waals surface area contributed by atoms with E-state index >= 15 is 0 Å². The topological polar surface area (TPSA) is 72.3 Å². The Morgan fingerprint density at radius 1 is 0.889 bits per heavy atom. The monoisotopic (exact) mass is 257 g/mol. The van der Waals surface area contributed by atoms with E-state index in [1.165, 1.54) is 25.7 Å². The molecule has 0 spiro atoms. The normalized spacial score (nSPS) is 10.6. The number of hydrogen-bond acceptors (Lipinski definition) is 3. The van der Waals surface area contributed by atoms with Gasteiger partial charge in [-0.2, -0.15) is 0 Å². The minimum absolute atomic E-state index is 0.272. The average molecular weight is 257 g/mol. The van der Waals surface area contributed by atoms with Crippen molar-refractivity contribution >= 4 is 5.91 Å². The number of carbonyl (C=O) groups excluding carboxylic acids is 1. The molecular formula is C14H31N3O. The molecule has 0 aromatic heterocycles. The Labute approximate surface area is 112 Å². The number of carbonyl (C=O) groups is 1. The molecule has 0 aromatic rings. The predicted molar refractivity (Wildman–Crippen MR) is 77.3 cm³/mol. The van der Waals surface area contributed by atoms with Crippen molar-refractivity contribution < 1.29 is 4.79 Å². The van der Waals surface area contributed by atoms with Gasteiger partial charge in [-0.25, -0.2) is 0 Å². The zero-order valence-corrected chi connectivity index (χ0v) is 12.0. The molecule has 0 saturated carbocycles. The molecule has 0 bridgehead atoms. The van der Waals surface area contributed by atoms with Gasteiger partial charge < -0.3 is 16.4 Å². The van der Waals surface area contributed by atoms with E-state index in [1.54, 1.807) is 0 Å². The number of unbranched alkanes of at least 4 members (excludes halogenated alkanes) is 4. The highest BCUT2D eigenvalue weighted by Crippen LogP contribution is 2.07. The maximum absolute atomic E-state index is 12.0. The molecule has 0 rings (SSSR count). The lowest BCUT2D eigenvalue weighted by Crippen LogP contribution is -2.34. The summed E-state index contributed by atoms with van der Waals surface area (Å²) in [6.45, 7) is 5.05. The van der Waals surface area contributed by atoms with Crippen LogP contribution in [0.4, 0.5) is 0 Å². The van der Waals surface area contributed by atoms with Crippen LogP contribution in [0.25, 0.3) is 0 Å². The van der Waals surface area contributed by atoms with E-state index in [4.69, 9.17) is 11.5 Å². The smallest absolute Gasteiger partial charge is 0.222 e. The molecule has 108 valence electrons. The van der Waals surface area contributed by atoms with Crippen LogP contribution in [-0.2, 0) is 4.79 Å². The van der Waals surface area contributed by atoms with Crippen molar-refractivity contribution in [3.63, 3.8) is 0 Å². The number of amides is 1. The molecule has 0 radical (unpaired) electrons. The van der Waals surface area contributed by atoms with Gasteiger partial charge in [-0.3, -0.25) is 4.79 Å². The van der Waals surface area contributed by atoms with Gasteiger partial charge in [0.25, 0.3) is 0 Å². The van der Waals surface area contributed by atoms with E-state index in [0.717, 1.165) is 32.4 Å². The van der Waals surface area contributed by atoms with Gasteiger partial charge in [0.05, 0.1) is 0 Å². The van der Waals surface area contributed by atoms with E-state index in [-0.39, 0.29) is 5.91 Å². The molecule has 0 aliphatic rings. The predicted octanol–water partition coefficient (Wildman–Crippen LogP) is 1.87. The maximum Gasteiger partial charge on any atom is 0.222 e. The second-order valence-corrected chi connectivity index (χ2v) is 4.83. The zero-order chi connectivity index (χ0) is 13.6. The molecule has 18 heavy (non-hydrogen) atoms. The minimum Gasteiger partial charge on any atom is -0.343 e. The third-order valence-electron chi connectivity index (χ3n) is 3.11. The van der Waals surface area contributed by atoms with E-state index in [2.05, 4.69) is 6.92 Å². The van der Waals surface area contributed by atoms with Crippen LogP contribution in [0.15, 0.2) is 0 Å². The number of rotatable bonds is 12. The van der Waals surface area contributed by atoms with Gasteiger partial charge in [-0.05, 0) is 32.4 Å². The van der Waals surface area contributed by atoms with Gasteiger partial charge in [-0.1, -0.05) is 32.6 Å². The SMILES string of the molecule is CCCCCCCC(=O)N(CCCN)CCCN. The van der Waals surface area contributed by atoms with Gasteiger partial charge in [0.2, 0.25) is 5.91 Å². The highest BCUT2D eigenvalue weighted by Gasteiger charge is 2.11. The first kappa shape index (κ1) is 17.4. The summed E-state index contributed by atoms with van der Waals surface area (Å²) in [4.78, 5) is 14.0. The molecule has 4 nitrogen and oxygen atoms in total. The second kappa shape index (κ2) is 12.8. The van der Waals surface area contributed by atoms with E-state index in [1.807, 2.05) is 4.90 Å². The quantitative estimate of drug-likeness (QED) is 0.524. The fraction of sp³-hybridized carbons (Fsp3) is 0.929. The fourth-order valence-electron chi connectivity index (χ4n) is 1.96. The summed E-state index contributed by atoms with van der Waals surface area (Å²) in [5.74, 6) is 0.272. The third-order valence-corrected chi connectivity index (χ3v) is 3.11. The van der Waals surface area contributed by atoms with Gasteiger partial charge >= 0.3 is 0 Å². The van der Waals surface area contributed by atoms with Crippen LogP contribution in [0.1, 0.15) is 58.3 Å². The Kier molecular flexibility index (Phi) is 12.4. The van der Waals surface area contributed by atoms with E-state index < -0.39 is 0 Å². The Morgan fingerprint density at radius 3 is 1.94 bits per heavy atom. The summed E-state index contributed by atoms with van der Waals surface area (Å²) in [5, 5.41) is 0. The van der Waals surface area contributed by atoms with Crippen LogP contribution in [0.5, 0.6) is 0 Å². The summed E-state index contributed by atoms with van der Waals surface area (Å²) in [6.07, 6.45) is 8.39. The fourth-order valence-corrected chi connectivity index (χ4v) is 1.96. The van der Waals surface area contributed by atoms with Crippen LogP contribution < -0.4 is 11.5 Å². The Morgan fingerprint density at radius 2 is 1.44 bits per heavy atom. The van der Waals surface area contributed by atoms with E-state index in [0.29, 0.717) is 19.5 Å². The van der Waals surface area contributed by atoms with Crippen molar-refractivity contribution in [2.75, 3.05) is 26.2 Å². The van der Waals surface area contributed by atoms with Crippen molar-refractivity contribution in [2.45, 2.75) is 58.3 Å². The summed E-state index contributed by atoms with van der Waals surface area (Å²) in [7, 11) is 0. The van der Waals surface area contributed by atoms with Gasteiger partial charge in [-0.15, -0.1) is 0 Å². The largest absolute Gasteiger partial charge is 0.343 e. The molecule has 0 saturated heterocycles. The van der Waals surface area contributed by atoms with Crippen LogP contribution >= 0.6 is 0 Å². The lowest BCUT2D eigenvalue weighted by Gasteiger charge is -2.22. The van der Waals surface area contributed by atoms with Crippen molar-refractivity contribution in [3.05, 3.63) is 0 Å². The maximum atomic E-state index is 12.0. The number of nitrogens with two attached hydrogens (primary N) is 2. The Balaban J connectivity index is 3.80. The van der Waals surface area contributed by atoms with Crippen molar-refractivity contribution in [1.82, 2.24) is 4.90 Å². The van der Waals surface area contributed by atoms with Crippen molar-refractivity contribution in [1.29, 1.82) is 0 Å². The van der Waals surface area contributed by atoms with Crippen molar-refractivity contribution in [2.24, 2.45) is 11.5 Å². The first-order chi connectivity index (χ1) is 8.76. The molecule has 4 heteroatoms. The van der Waals surface area contributed by atoms with Crippen LogP contribution in [0.3, 0.4) is 0 Å². The van der Waals surface area contributed by atoms with Crippen molar-refractivity contribution in [3.8, 4) is 0 Å². The van der Waals surface area contributed by atoms with E-state index in [9.17, 15) is 4.79 Å². The van der Waals surface area contributed by atoms with Gasteiger partial charge in [0.15, 0.2) is 0 Å². The molecule has 0 fully saturated rings. The molecule has 0 atom stereocenters. The molecule has 0 aliphatic carbocycles. The lowest BCUT2D eigenvalue weighted by molar-refractivity contribution is -0.131. The Bertz CT molecular complexity index is 189. The second-order valence-electron chi connectivity index (χ2n) is 4.83. The van der Waals surface area contributed by atoms with Gasteiger partial charge in [0, 0.05) is 19.5 Å². The van der Waals surface area contributed by atoms with Crippen LogP contribution in [-0.4, -0.2) is 37.0 Å². The molecule has 0 aromatic carbocycles. The third kappa shape index (κ3) is 9.42. The molecule has 0 aliphatic heterocycles. The summed E-state index contributed by atoms with van der Waals surface area (Å²) in [5.41, 5.74) is 11.0. The van der Waals surface area contributed by atoms with Gasteiger partial charge in [0.1, 0.15) is 0 Å². The standard InChI is InChI=1S/C14H31N3O/c1-2-3-4-5-6-9-14(18)17(12-7-10-15)13-8-11-16/h2-13,15-16H2,1H3. The Hall–Kier alpha value is -0.610. The molecule has 0 heterocycles. The molecule has 0 unspecified atom stereocenters. The highest BCUT2D eigenvalue weighted by atomic mass is 16.2. The summed E-state index contributed by atoms with van der Waals surface area (Å²) in [6, 6.07) is 0. The number of nitrogens with zero attached hydrogens (tertiary/aromatic N) is 1. The van der Waals surface area contributed by atoms with Crippen LogP contribution in [0.2, 0.25) is 0 Å². The summed E-state index contributed by atoms with van der Waals surface area (Å²) >= 11 is 0. The van der Waals surface area contributed by atoms with Crippen LogP contribution in [0, 0.1) is 0 Å². The average Bonchev–Trinajstić information content (AvgIpc) is 2.38.